The van der Waals surface area contributed by atoms with Crippen LogP contribution in [0.4, 0.5) is 23.0 Å². The molecule has 1 fully saturated rings. The number of hydrogen-bond acceptors (Lipinski definition) is 5. The Morgan fingerprint density at radius 1 is 1.05 bits per heavy atom. The molecule has 0 bridgehead atoms. The van der Waals surface area contributed by atoms with E-state index in [2.05, 4.69) is 20.2 Å². The molecule has 0 unspecified atom stereocenters. The molecule has 1 aliphatic heterocycles. The highest BCUT2D eigenvalue weighted by atomic mass is 15.2. The summed E-state index contributed by atoms with van der Waals surface area (Å²) in [4.78, 5) is 11.0. The molecule has 5 heteroatoms. The van der Waals surface area contributed by atoms with Gasteiger partial charge >= 0.3 is 0 Å². The minimum Gasteiger partial charge on any atom is -0.399 e. The van der Waals surface area contributed by atoms with E-state index in [1.54, 1.807) is 6.33 Å². The maximum atomic E-state index is 5.78. The molecule has 1 saturated heterocycles. The van der Waals surface area contributed by atoms with Crippen LogP contribution in [-0.2, 0) is 0 Å². The van der Waals surface area contributed by atoms with Crippen LogP contribution in [0, 0.1) is 0 Å². The molecule has 1 aliphatic rings. The van der Waals surface area contributed by atoms with E-state index in [4.69, 9.17) is 5.73 Å². The van der Waals surface area contributed by atoms with E-state index in [1.807, 2.05) is 30.3 Å². The fraction of sp³-hybridized carbons (Fsp3) is 0.333. The summed E-state index contributed by atoms with van der Waals surface area (Å²) in [6.45, 7) is 2.16. The third-order valence-corrected chi connectivity index (χ3v) is 3.49. The molecule has 1 aromatic carbocycles. The first kappa shape index (κ1) is 12.7. The largest absolute Gasteiger partial charge is 0.399 e. The quantitative estimate of drug-likeness (QED) is 0.839. The predicted octanol–water partition coefficient (Wildman–Crippen LogP) is 2.79. The van der Waals surface area contributed by atoms with Gasteiger partial charge < -0.3 is 16.0 Å². The summed E-state index contributed by atoms with van der Waals surface area (Å²) in [7, 11) is 0. The molecule has 1 aromatic heterocycles. The highest BCUT2D eigenvalue weighted by Gasteiger charge is 2.12. The Morgan fingerprint density at radius 3 is 2.70 bits per heavy atom. The summed E-state index contributed by atoms with van der Waals surface area (Å²) < 4.78 is 0. The number of anilines is 4. The number of nitrogens with zero attached hydrogens (tertiary/aromatic N) is 3. The van der Waals surface area contributed by atoms with Crippen molar-refractivity contribution in [2.24, 2.45) is 0 Å². The minimum absolute atomic E-state index is 0.736. The van der Waals surface area contributed by atoms with Crippen molar-refractivity contribution >= 4 is 23.0 Å². The zero-order valence-corrected chi connectivity index (χ0v) is 11.4. The molecule has 5 nitrogen and oxygen atoms in total. The number of rotatable bonds is 3. The van der Waals surface area contributed by atoms with Crippen molar-refractivity contribution in [3.8, 4) is 0 Å². The second kappa shape index (κ2) is 5.77. The van der Waals surface area contributed by atoms with Crippen molar-refractivity contribution in [1.29, 1.82) is 0 Å². The van der Waals surface area contributed by atoms with Gasteiger partial charge in [-0.05, 0) is 37.5 Å². The van der Waals surface area contributed by atoms with Gasteiger partial charge in [-0.25, -0.2) is 9.97 Å². The maximum Gasteiger partial charge on any atom is 0.135 e. The summed E-state index contributed by atoms with van der Waals surface area (Å²) in [5.74, 6) is 1.79. The Hall–Kier alpha value is -2.30. The van der Waals surface area contributed by atoms with E-state index in [-0.39, 0.29) is 0 Å². The van der Waals surface area contributed by atoms with E-state index in [0.29, 0.717) is 0 Å². The first-order valence-corrected chi connectivity index (χ1v) is 7.01. The van der Waals surface area contributed by atoms with Crippen molar-refractivity contribution in [3.63, 3.8) is 0 Å². The van der Waals surface area contributed by atoms with Gasteiger partial charge in [0, 0.05) is 30.5 Å². The maximum absolute atomic E-state index is 5.78. The number of piperidine rings is 1. The van der Waals surface area contributed by atoms with Crippen molar-refractivity contribution in [3.05, 3.63) is 36.7 Å². The van der Waals surface area contributed by atoms with Gasteiger partial charge in [0.15, 0.2) is 0 Å². The molecule has 3 N–H and O–H groups in total. The topological polar surface area (TPSA) is 67.1 Å². The van der Waals surface area contributed by atoms with Crippen LogP contribution in [0.5, 0.6) is 0 Å². The summed E-state index contributed by atoms with van der Waals surface area (Å²) in [5, 5.41) is 3.27. The molecule has 0 radical (unpaired) electrons. The van der Waals surface area contributed by atoms with Crippen LogP contribution in [0.2, 0.25) is 0 Å². The smallest absolute Gasteiger partial charge is 0.135 e. The predicted molar refractivity (Wildman–Crippen MR) is 82.2 cm³/mol. The van der Waals surface area contributed by atoms with Crippen LogP contribution in [-0.4, -0.2) is 23.1 Å². The molecule has 0 saturated carbocycles. The van der Waals surface area contributed by atoms with Crippen LogP contribution >= 0.6 is 0 Å². The van der Waals surface area contributed by atoms with Crippen molar-refractivity contribution < 1.29 is 0 Å². The van der Waals surface area contributed by atoms with Gasteiger partial charge in [-0.1, -0.05) is 6.07 Å². The SMILES string of the molecule is Nc1cccc(Nc2cc(N3CCCCC3)ncn2)c1. The molecule has 0 atom stereocenters. The summed E-state index contributed by atoms with van der Waals surface area (Å²) in [6, 6.07) is 9.64. The fourth-order valence-electron chi connectivity index (χ4n) is 2.48. The number of nitrogens with one attached hydrogen (secondary N) is 1. The molecular formula is C15H19N5. The lowest BCUT2D eigenvalue weighted by Gasteiger charge is -2.27. The van der Waals surface area contributed by atoms with Gasteiger partial charge in [0.25, 0.3) is 0 Å². The van der Waals surface area contributed by atoms with Crippen LogP contribution in [0.15, 0.2) is 36.7 Å². The highest BCUT2D eigenvalue weighted by Crippen LogP contribution is 2.22. The number of hydrogen-bond donors (Lipinski definition) is 2. The summed E-state index contributed by atoms with van der Waals surface area (Å²) in [5.41, 5.74) is 7.45. The summed E-state index contributed by atoms with van der Waals surface area (Å²) >= 11 is 0. The molecule has 0 aliphatic carbocycles. The molecular weight excluding hydrogens is 250 g/mol. The van der Waals surface area contributed by atoms with Gasteiger partial charge in [-0.2, -0.15) is 0 Å². The zero-order valence-electron chi connectivity index (χ0n) is 11.4. The molecule has 2 aromatic rings. The Bertz CT molecular complexity index is 578. The molecule has 3 rings (SSSR count). The Labute approximate surface area is 118 Å². The molecule has 20 heavy (non-hydrogen) atoms. The zero-order chi connectivity index (χ0) is 13.8. The standard InChI is InChI=1S/C15H19N5/c16-12-5-4-6-13(9-12)19-14-10-15(18-11-17-14)20-7-2-1-3-8-20/h4-6,9-11H,1-3,7-8,16H2,(H,17,18,19). The Balaban J connectivity index is 1.77. The van der Waals surface area contributed by atoms with E-state index in [9.17, 15) is 0 Å². The molecule has 0 spiro atoms. The minimum atomic E-state index is 0.736. The lowest BCUT2D eigenvalue weighted by Crippen LogP contribution is -2.30. The average molecular weight is 269 g/mol. The van der Waals surface area contributed by atoms with Gasteiger partial charge in [0.05, 0.1) is 0 Å². The molecule has 0 amide bonds. The number of nitrogens with two attached hydrogens (primary N) is 1. The van der Waals surface area contributed by atoms with Crippen LogP contribution < -0.4 is 16.0 Å². The Kier molecular flexibility index (Phi) is 3.67. The second-order valence-electron chi connectivity index (χ2n) is 5.06. The van der Waals surface area contributed by atoms with Crippen LogP contribution in [0.25, 0.3) is 0 Å². The first-order valence-electron chi connectivity index (χ1n) is 7.01. The van der Waals surface area contributed by atoms with Gasteiger partial charge in [-0.15, -0.1) is 0 Å². The number of benzene rings is 1. The Morgan fingerprint density at radius 2 is 1.90 bits per heavy atom. The number of nitrogen functional groups attached to an aromatic ring is 1. The summed E-state index contributed by atoms with van der Waals surface area (Å²) in [6.07, 6.45) is 5.40. The lowest BCUT2D eigenvalue weighted by atomic mass is 10.1. The van der Waals surface area contributed by atoms with Crippen LogP contribution in [0.3, 0.4) is 0 Å². The van der Waals surface area contributed by atoms with E-state index < -0.39 is 0 Å². The van der Waals surface area contributed by atoms with E-state index in [0.717, 1.165) is 36.1 Å². The van der Waals surface area contributed by atoms with Gasteiger partial charge in [0.1, 0.15) is 18.0 Å². The van der Waals surface area contributed by atoms with E-state index >= 15 is 0 Å². The third-order valence-electron chi connectivity index (χ3n) is 3.49. The van der Waals surface area contributed by atoms with Crippen LogP contribution in [0.1, 0.15) is 19.3 Å². The van der Waals surface area contributed by atoms with Gasteiger partial charge in [0.2, 0.25) is 0 Å². The van der Waals surface area contributed by atoms with Crippen molar-refractivity contribution in [2.75, 3.05) is 29.0 Å². The molecule has 2 heterocycles. The first-order chi connectivity index (χ1) is 9.81. The second-order valence-corrected chi connectivity index (χ2v) is 5.06. The third kappa shape index (κ3) is 2.99. The van der Waals surface area contributed by atoms with Crippen molar-refractivity contribution in [2.45, 2.75) is 19.3 Å². The normalized spacial score (nSPS) is 15.1. The highest BCUT2D eigenvalue weighted by molar-refractivity contribution is 5.63. The van der Waals surface area contributed by atoms with Crippen molar-refractivity contribution in [1.82, 2.24) is 9.97 Å². The van der Waals surface area contributed by atoms with Gasteiger partial charge in [-0.3, -0.25) is 0 Å². The number of aromatic nitrogens is 2. The fourth-order valence-corrected chi connectivity index (χ4v) is 2.48. The molecule has 104 valence electrons. The monoisotopic (exact) mass is 269 g/mol. The lowest BCUT2D eigenvalue weighted by molar-refractivity contribution is 0.573. The average Bonchev–Trinajstić information content (AvgIpc) is 2.48. The van der Waals surface area contributed by atoms with E-state index in [1.165, 1.54) is 19.3 Å².